The molecule has 2 saturated heterocycles. The number of piperidine rings is 1. The lowest BCUT2D eigenvalue weighted by Crippen LogP contribution is -2.40. The fraction of sp³-hybridized carbons (Fsp3) is 0.522. The number of rotatable bonds is 5. The van der Waals surface area contributed by atoms with Gasteiger partial charge in [0.25, 0.3) is 5.91 Å². The SMILES string of the molecule is Cc1cc(N2CCCC[C@H]2C)nc(SCc2cccc(C(=O)N3CCOCC3)c2)n1. The van der Waals surface area contributed by atoms with Crippen molar-refractivity contribution in [2.24, 2.45) is 0 Å². The number of nitrogens with zero attached hydrogens (tertiary/aromatic N) is 4. The first-order valence-electron chi connectivity index (χ1n) is 10.8. The largest absolute Gasteiger partial charge is 0.378 e. The highest BCUT2D eigenvalue weighted by atomic mass is 32.2. The van der Waals surface area contributed by atoms with Crippen LogP contribution in [0.4, 0.5) is 5.82 Å². The number of amides is 1. The second-order valence-corrected chi connectivity index (χ2v) is 9.02. The van der Waals surface area contributed by atoms with Crippen molar-refractivity contribution in [2.45, 2.75) is 50.1 Å². The molecule has 0 spiro atoms. The van der Waals surface area contributed by atoms with Gasteiger partial charge in [-0.2, -0.15) is 0 Å². The van der Waals surface area contributed by atoms with Crippen LogP contribution in [0.25, 0.3) is 0 Å². The summed E-state index contributed by atoms with van der Waals surface area (Å²) in [6.07, 6.45) is 3.73. The van der Waals surface area contributed by atoms with Crippen LogP contribution in [0.5, 0.6) is 0 Å². The van der Waals surface area contributed by atoms with E-state index < -0.39 is 0 Å². The number of carbonyl (C=O) groups excluding carboxylic acids is 1. The number of aryl methyl sites for hydroxylation is 1. The molecule has 2 aliphatic heterocycles. The average Bonchev–Trinajstić information content (AvgIpc) is 2.78. The molecule has 6 nitrogen and oxygen atoms in total. The Bertz CT molecular complexity index is 885. The van der Waals surface area contributed by atoms with E-state index >= 15 is 0 Å². The molecule has 2 fully saturated rings. The lowest BCUT2D eigenvalue weighted by atomic mass is 10.0. The summed E-state index contributed by atoms with van der Waals surface area (Å²) in [5.74, 6) is 1.86. The number of thioether (sulfide) groups is 1. The first kappa shape index (κ1) is 21.1. The number of hydrogen-bond donors (Lipinski definition) is 0. The summed E-state index contributed by atoms with van der Waals surface area (Å²) in [6.45, 7) is 7.92. The van der Waals surface area contributed by atoms with Gasteiger partial charge < -0.3 is 14.5 Å². The molecule has 1 atom stereocenters. The van der Waals surface area contributed by atoms with Crippen LogP contribution in [0.1, 0.15) is 47.8 Å². The van der Waals surface area contributed by atoms with Crippen LogP contribution in [0, 0.1) is 6.92 Å². The highest BCUT2D eigenvalue weighted by Crippen LogP contribution is 2.27. The van der Waals surface area contributed by atoms with E-state index in [1.54, 1.807) is 11.8 Å². The second kappa shape index (κ2) is 9.79. The van der Waals surface area contributed by atoms with E-state index in [-0.39, 0.29) is 5.91 Å². The number of ether oxygens (including phenoxy) is 1. The van der Waals surface area contributed by atoms with Gasteiger partial charge in [0.15, 0.2) is 5.16 Å². The molecule has 2 aromatic rings. The van der Waals surface area contributed by atoms with Crippen molar-refractivity contribution in [1.29, 1.82) is 0 Å². The van der Waals surface area contributed by atoms with E-state index in [0.29, 0.717) is 32.3 Å². The normalized spacial score (nSPS) is 19.7. The van der Waals surface area contributed by atoms with Crippen LogP contribution < -0.4 is 4.90 Å². The van der Waals surface area contributed by atoms with Gasteiger partial charge in [-0.25, -0.2) is 9.97 Å². The van der Waals surface area contributed by atoms with Gasteiger partial charge in [-0.15, -0.1) is 0 Å². The van der Waals surface area contributed by atoms with Gasteiger partial charge in [-0.1, -0.05) is 23.9 Å². The Morgan fingerprint density at radius 3 is 2.80 bits per heavy atom. The van der Waals surface area contributed by atoms with Gasteiger partial charge in [0, 0.05) is 48.8 Å². The zero-order chi connectivity index (χ0) is 20.9. The van der Waals surface area contributed by atoms with Crippen LogP contribution in [0.2, 0.25) is 0 Å². The molecular formula is C23H30N4O2S. The van der Waals surface area contributed by atoms with Gasteiger partial charge in [0.05, 0.1) is 13.2 Å². The molecule has 0 N–H and O–H groups in total. The summed E-state index contributed by atoms with van der Waals surface area (Å²) in [6, 6.07) is 10.5. The van der Waals surface area contributed by atoms with E-state index in [9.17, 15) is 4.79 Å². The Labute approximate surface area is 183 Å². The third-order valence-electron chi connectivity index (χ3n) is 5.76. The summed E-state index contributed by atoms with van der Waals surface area (Å²) in [7, 11) is 0. The van der Waals surface area contributed by atoms with E-state index in [4.69, 9.17) is 9.72 Å². The van der Waals surface area contributed by atoms with Gasteiger partial charge in [-0.3, -0.25) is 4.79 Å². The van der Waals surface area contributed by atoms with E-state index in [0.717, 1.165) is 40.1 Å². The van der Waals surface area contributed by atoms with Crippen molar-refractivity contribution in [1.82, 2.24) is 14.9 Å². The maximum absolute atomic E-state index is 12.8. The van der Waals surface area contributed by atoms with Crippen LogP contribution in [0.3, 0.4) is 0 Å². The van der Waals surface area contributed by atoms with Crippen LogP contribution in [0.15, 0.2) is 35.5 Å². The lowest BCUT2D eigenvalue weighted by Gasteiger charge is -2.34. The summed E-state index contributed by atoms with van der Waals surface area (Å²) in [5.41, 5.74) is 2.84. The Hall–Kier alpha value is -2.12. The maximum Gasteiger partial charge on any atom is 0.254 e. The fourth-order valence-electron chi connectivity index (χ4n) is 4.07. The first-order valence-corrected chi connectivity index (χ1v) is 11.8. The van der Waals surface area contributed by atoms with Crippen molar-refractivity contribution in [3.63, 3.8) is 0 Å². The minimum atomic E-state index is 0.0818. The molecule has 30 heavy (non-hydrogen) atoms. The molecule has 2 aliphatic rings. The second-order valence-electron chi connectivity index (χ2n) is 8.08. The molecule has 0 aliphatic carbocycles. The molecule has 0 radical (unpaired) electrons. The number of benzene rings is 1. The summed E-state index contributed by atoms with van der Waals surface area (Å²) >= 11 is 1.63. The molecule has 7 heteroatoms. The Morgan fingerprint density at radius 2 is 2.00 bits per heavy atom. The van der Waals surface area contributed by atoms with E-state index in [1.165, 1.54) is 19.3 Å². The maximum atomic E-state index is 12.8. The summed E-state index contributed by atoms with van der Waals surface area (Å²) < 4.78 is 5.35. The van der Waals surface area contributed by atoms with Gasteiger partial charge in [0.2, 0.25) is 0 Å². The Morgan fingerprint density at radius 1 is 1.17 bits per heavy atom. The molecule has 3 heterocycles. The van der Waals surface area contributed by atoms with Gasteiger partial charge in [0.1, 0.15) is 5.82 Å². The van der Waals surface area contributed by atoms with Gasteiger partial charge >= 0.3 is 0 Å². The standard InChI is InChI=1S/C23H30N4O2S/c1-17-14-21(27-9-4-3-6-18(27)2)25-23(24-17)30-16-19-7-5-8-20(15-19)22(28)26-10-12-29-13-11-26/h5,7-8,14-15,18H,3-4,6,9-13,16H2,1-2H3/t18-/m1/s1. The Kier molecular flexibility index (Phi) is 6.89. The average molecular weight is 427 g/mol. The Balaban J connectivity index is 1.44. The molecule has 1 amide bonds. The monoisotopic (exact) mass is 426 g/mol. The van der Waals surface area contributed by atoms with Crippen molar-refractivity contribution < 1.29 is 9.53 Å². The molecule has 0 saturated carbocycles. The van der Waals surface area contributed by atoms with Crippen molar-refractivity contribution >= 4 is 23.5 Å². The number of anilines is 1. The molecule has 1 aromatic carbocycles. The minimum Gasteiger partial charge on any atom is -0.378 e. The fourth-order valence-corrected chi connectivity index (χ4v) is 4.91. The summed E-state index contributed by atoms with van der Waals surface area (Å²) in [4.78, 5) is 26.5. The molecule has 0 unspecified atom stereocenters. The molecule has 0 bridgehead atoms. The third kappa shape index (κ3) is 5.13. The smallest absolute Gasteiger partial charge is 0.254 e. The van der Waals surface area contributed by atoms with Crippen LogP contribution in [-0.4, -0.2) is 59.7 Å². The number of carbonyl (C=O) groups is 1. The topological polar surface area (TPSA) is 58.6 Å². The quantitative estimate of drug-likeness (QED) is 0.533. The minimum absolute atomic E-state index is 0.0818. The molecular weight excluding hydrogens is 396 g/mol. The van der Waals surface area contributed by atoms with Crippen LogP contribution in [-0.2, 0) is 10.5 Å². The van der Waals surface area contributed by atoms with Crippen molar-refractivity contribution in [2.75, 3.05) is 37.7 Å². The number of aromatic nitrogens is 2. The van der Waals surface area contributed by atoms with E-state index in [2.05, 4.69) is 28.9 Å². The van der Waals surface area contributed by atoms with E-state index in [1.807, 2.05) is 30.0 Å². The third-order valence-corrected chi connectivity index (χ3v) is 6.68. The zero-order valence-electron chi connectivity index (χ0n) is 17.8. The highest BCUT2D eigenvalue weighted by molar-refractivity contribution is 7.98. The summed E-state index contributed by atoms with van der Waals surface area (Å²) in [5, 5.41) is 0.799. The molecule has 1 aromatic heterocycles. The number of morpholine rings is 1. The molecule has 4 rings (SSSR count). The van der Waals surface area contributed by atoms with Gasteiger partial charge in [-0.05, 0) is 50.8 Å². The van der Waals surface area contributed by atoms with Crippen LogP contribution >= 0.6 is 11.8 Å². The van der Waals surface area contributed by atoms with Crippen molar-refractivity contribution in [3.05, 3.63) is 47.2 Å². The first-order chi connectivity index (χ1) is 14.6. The highest BCUT2D eigenvalue weighted by Gasteiger charge is 2.21. The predicted molar refractivity (Wildman–Crippen MR) is 120 cm³/mol. The predicted octanol–water partition coefficient (Wildman–Crippen LogP) is 3.93. The zero-order valence-corrected chi connectivity index (χ0v) is 18.7. The van der Waals surface area contributed by atoms with Crippen molar-refractivity contribution in [3.8, 4) is 0 Å². The molecule has 160 valence electrons. The number of hydrogen-bond acceptors (Lipinski definition) is 6. The lowest BCUT2D eigenvalue weighted by molar-refractivity contribution is 0.0303.